The number of pyridine rings is 1. The number of rotatable bonds is 6. The number of hydrogen-bond acceptors (Lipinski definition) is 4. The zero-order valence-electron chi connectivity index (χ0n) is 12.3. The van der Waals surface area contributed by atoms with E-state index in [9.17, 15) is 12.8 Å². The van der Waals surface area contributed by atoms with Gasteiger partial charge in [-0.2, -0.15) is 4.31 Å². The van der Waals surface area contributed by atoms with E-state index in [4.69, 9.17) is 5.73 Å². The van der Waals surface area contributed by atoms with Gasteiger partial charge in [-0.05, 0) is 31.4 Å². The van der Waals surface area contributed by atoms with Crippen LogP contribution >= 0.6 is 0 Å². The second-order valence-corrected chi connectivity index (χ2v) is 7.28. The van der Waals surface area contributed by atoms with Gasteiger partial charge in [0, 0.05) is 24.8 Å². The summed E-state index contributed by atoms with van der Waals surface area (Å²) >= 11 is 0. The molecule has 1 aliphatic rings. The summed E-state index contributed by atoms with van der Waals surface area (Å²) in [4.78, 5) is 3.74. The number of hydrogen-bond donors (Lipinski definition) is 1. The van der Waals surface area contributed by atoms with Crippen LogP contribution in [-0.2, 0) is 10.0 Å². The molecule has 0 unspecified atom stereocenters. The Balaban J connectivity index is 2.49. The van der Waals surface area contributed by atoms with Crippen molar-refractivity contribution >= 4 is 10.0 Å². The van der Waals surface area contributed by atoms with Crippen LogP contribution in [0.1, 0.15) is 39.0 Å². The van der Waals surface area contributed by atoms with Crippen LogP contribution in [0.15, 0.2) is 23.4 Å². The lowest BCUT2D eigenvalue weighted by Crippen LogP contribution is -2.55. The maximum absolute atomic E-state index is 13.9. The molecule has 1 saturated carbocycles. The maximum atomic E-state index is 13.9. The second-order valence-electron chi connectivity index (χ2n) is 5.50. The molecule has 0 radical (unpaired) electrons. The lowest BCUT2D eigenvalue weighted by molar-refractivity contribution is 0.196. The monoisotopic (exact) mass is 315 g/mol. The SMILES string of the molecule is CCCN(C1(CN)CCCC1)S(=O)(=O)c1ncccc1F. The van der Waals surface area contributed by atoms with Gasteiger partial charge in [0.1, 0.15) is 0 Å². The molecule has 118 valence electrons. The molecule has 0 spiro atoms. The Morgan fingerprint density at radius 1 is 1.43 bits per heavy atom. The number of halogens is 1. The first-order valence-electron chi connectivity index (χ1n) is 7.31. The van der Waals surface area contributed by atoms with E-state index in [-0.39, 0.29) is 6.54 Å². The molecule has 1 aromatic rings. The fourth-order valence-electron chi connectivity index (χ4n) is 3.07. The maximum Gasteiger partial charge on any atom is 0.264 e. The third-order valence-corrected chi connectivity index (χ3v) is 6.07. The summed E-state index contributed by atoms with van der Waals surface area (Å²) in [6.45, 7) is 2.48. The molecule has 7 heteroatoms. The third-order valence-electron chi connectivity index (χ3n) is 4.13. The van der Waals surface area contributed by atoms with Crippen molar-refractivity contribution < 1.29 is 12.8 Å². The van der Waals surface area contributed by atoms with Gasteiger partial charge in [-0.3, -0.25) is 0 Å². The molecule has 1 aromatic heterocycles. The van der Waals surface area contributed by atoms with E-state index in [1.165, 1.54) is 16.6 Å². The van der Waals surface area contributed by atoms with Gasteiger partial charge in [0.15, 0.2) is 5.82 Å². The van der Waals surface area contributed by atoms with E-state index < -0.39 is 26.4 Å². The minimum atomic E-state index is -3.98. The smallest absolute Gasteiger partial charge is 0.264 e. The van der Waals surface area contributed by atoms with Crippen LogP contribution in [0.3, 0.4) is 0 Å². The molecule has 0 amide bonds. The number of nitrogens with zero attached hydrogens (tertiary/aromatic N) is 2. The Bertz CT molecular complexity index is 586. The first kappa shape index (κ1) is 16.3. The Hall–Kier alpha value is -1.05. The van der Waals surface area contributed by atoms with Crippen molar-refractivity contribution in [2.24, 2.45) is 5.73 Å². The topological polar surface area (TPSA) is 76.3 Å². The summed E-state index contributed by atoms with van der Waals surface area (Å²) in [5, 5.41) is -0.502. The van der Waals surface area contributed by atoms with E-state index in [0.717, 1.165) is 31.7 Å². The minimum absolute atomic E-state index is 0.251. The van der Waals surface area contributed by atoms with Gasteiger partial charge in [0.05, 0.1) is 0 Å². The van der Waals surface area contributed by atoms with Gasteiger partial charge in [-0.15, -0.1) is 0 Å². The highest BCUT2D eigenvalue weighted by atomic mass is 32.2. The normalized spacial score (nSPS) is 18.3. The molecule has 0 aromatic carbocycles. The molecule has 0 atom stereocenters. The predicted molar refractivity (Wildman–Crippen MR) is 78.6 cm³/mol. The zero-order chi connectivity index (χ0) is 15.5. The van der Waals surface area contributed by atoms with Crippen molar-refractivity contribution in [2.75, 3.05) is 13.1 Å². The zero-order valence-corrected chi connectivity index (χ0v) is 13.1. The number of aromatic nitrogens is 1. The highest BCUT2D eigenvalue weighted by Gasteiger charge is 2.45. The van der Waals surface area contributed by atoms with Crippen LogP contribution in [0.4, 0.5) is 4.39 Å². The largest absolute Gasteiger partial charge is 0.329 e. The molecule has 2 rings (SSSR count). The van der Waals surface area contributed by atoms with Gasteiger partial charge >= 0.3 is 0 Å². The van der Waals surface area contributed by atoms with Crippen LogP contribution in [-0.4, -0.2) is 36.3 Å². The van der Waals surface area contributed by atoms with E-state index >= 15 is 0 Å². The second kappa shape index (κ2) is 6.37. The van der Waals surface area contributed by atoms with Crippen LogP contribution in [0.5, 0.6) is 0 Å². The molecule has 0 bridgehead atoms. The summed E-state index contributed by atoms with van der Waals surface area (Å²) in [7, 11) is -3.98. The van der Waals surface area contributed by atoms with Crippen molar-refractivity contribution in [3.8, 4) is 0 Å². The molecule has 21 heavy (non-hydrogen) atoms. The van der Waals surface area contributed by atoms with Crippen molar-refractivity contribution in [3.63, 3.8) is 0 Å². The predicted octanol–water partition coefficient (Wildman–Crippen LogP) is 1.89. The molecule has 0 aliphatic heterocycles. The Kier molecular flexibility index (Phi) is 4.95. The highest BCUT2D eigenvalue weighted by molar-refractivity contribution is 7.89. The summed E-state index contributed by atoms with van der Waals surface area (Å²) in [5.41, 5.74) is 5.29. The van der Waals surface area contributed by atoms with Crippen molar-refractivity contribution in [3.05, 3.63) is 24.1 Å². The van der Waals surface area contributed by atoms with Crippen LogP contribution < -0.4 is 5.73 Å². The van der Waals surface area contributed by atoms with E-state index in [2.05, 4.69) is 4.98 Å². The van der Waals surface area contributed by atoms with Gasteiger partial charge in [-0.1, -0.05) is 19.8 Å². The first-order chi connectivity index (χ1) is 9.98. The fourth-order valence-corrected chi connectivity index (χ4v) is 4.98. The van der Waals surface area contributed by atoms with E-state index in [1.807, 2.05) is 6.92 Å². The molecule has 1 heterocycles. The summed E-state index contributed by atoms with van der Waals surface area (Å²) in [6.07, 6.45) is 5.27. The van der Waals surface area contributed by atoms with E-state index in [1.54, 1.807) is 0 Å². The molecular weight excluding hydrogens is 293 g/mol. The Morgan fingerprint density at radius 3 is 2.62 bits per heavy atom. The summed E-state index contributed by atoms with van der Waals surface area (Å²) in [5.74, 6) is -0.816. The molecular formula is C14H22FN3O2S. The molecule has 5 nitrogen and oxygen atoms in total. The third kappa shape index (κ3) is 2.95. The van der Waals surface area contributed by atoms with Crippen molar-refractivity contribution in [1.29, 1.82) is 0 Å². The molecule has 0 saturated heterocycles. The Morgan fingerprint density at radius 2 is 2.10 bits per heavy atom. The van der Waals surface area contributed by atoms with Gasteiger partial charge in [0.25, 0.3) is 10.0 Å². The van der Waals surface area contributed by atoms with Crippen molar-refractivity contribution in [1.82, 2.24) is 9.29 Å². The van der Waals surface area contributed by atoms with Crippen LogP contribution in [0.25, 0.3) is 0 Å². The average Bonchev–Trinajstić information content (AvgIpc) is 2.94. The first-order valence-corrected chi connectivity index (χ1v) is 8.75. The molecule has 2 N–H and O–H groups in total. The van der Waals surface area contributed by atoms with Gasteiger partial charge < -0.3 is 5.73 Å². The highest BCUT2D eigenvalue weighted by Crippen LogP contribution is 2.38. The van der Waals surface area contributed by atoms with Crippen molar-refractivity contribution in [2.45, 2.75) is 49.6 Å². The van der Waals surface area contributed by atoms with Crippen LogP contribution in [0, 0.1) is 5.82 Å². The fraction of sp³-hybridized carbons (Fsp3) is 0.643. The number of nitrogens with two attached hydrogens (primary N) is 1. The van der Waals surface area contributed by atoms with Crippen LogP contribution in [0.2, 0.25) is 0 Å². The molecule has 1 fully saturated rings. The summed E-state index contributed by atoms with van der Waals surface area (Å²) < 4.78 is 41.0. The Labute approximate surface area is 125 Å². The van der Waals surface area contributed by atoms with Gasteiger partial charge in [-0.25, -0.2) is 17.8 Å². The van der Waals surface area contributed by atoms with E-state index in [0.29, 0.717) is 13.0 Å². The minimum Gasteiger partial charge on any atom is -0.329 e. The lowest BCUT2D eigenvalue weighted by Gasteiger charge is -2.39. The average molecular weight is 315 g/mol. The summed E-state index contributed by atoms with van der Waals surface area (Å²) in [6, 6.07) is 2.50. The lowest BCUT2D eigenvalue weighted by atomic mass is 9.98. The quantitative estimate of drug-likeness (QED) is 0.870. The molecule has 1 aliphatic carbocycles. The standard InChI is InChI=1S/C14H22FN3O2S/c1-2-10-18(14(11-16)7-3-4-8-14)21(19,20)13-12(15)6-5-9-17-13/h5-6,9H,2-4,7-8,10-11,16H2,1H3. The number of sulfonamides is 1. The van der Waals surface area contributed by atoms with Gasteiger partial charge in [0.2, 0.25) is 5.03 Å².